The molecule has 0 aliphatic heterocycles. The first-order valence-electron chi connectivity index (χ1n) is 11.0. The molecule has 9 heteroatoms. The number of nitrogens with zero attached hydrogens (tertiary/aromatic N) is 1. The van der Waals surface area contributed by atoms with Crippen LogP contribution in [0.15, 0.2) is 77.5 Å². The van der Waals surface area contributed by atoms with Gasteiger partial charge < -0.3 is 21.1 Å². The predicted octanol–water partition coefficient (Wildman–Crippen LogP) is 4.82. The second kappa shape index (κ2) is 11.6. The quantitative estimate of drug-likeness (QED) is 0.282. The number of anilines is 1. The van der Waals surface area contributed by atoms with Crippen molar-refractivity contribution >= 4 is 40.4 Å². The van der Waals surface area contributed by atoms with E-state index in [1.54, 1.807) is 11.3 Å². The van der Waals surface area contributed by atoms with Crippen LogP contribution in [-0.4, -0.2) is 30.1 Å². The van der Waals surface area contributed by atoms with Crippen molar-refractivity contribution in [1.29, 1.82) is 0 Å². The summed E-state index contributed by atoms with van der Waals surface area (Å²) in [6.07, 6.45) is 0.189. The van der Waals surface area contributed by atoms with Gasteiger partial charge in [0.2, 0.25) is 5.91 Å². The van der Waals surface area contributed by atoms with Gasteiger partial charge in [0.15, 0.2) is 0 Å². The van der Waals surface area contributed by atoms with Gasteiger partial charge >= 0.3 is 6.09 Å². The number of rotatable bonds is 9. The fourth-order valence-corrected chi connectivity index (χ4v) is 5.30. The van der Waals surface area contributed by atoms with Crippen LogP contribution >= 0.6 is 22.7 Å². The van der Waals surface area contributed by atoms with Crippen molar-refractivity contribution in [3.63, 3.8) is 0 Å². The van der Waals surface area contributed by atoms with Gasteiger partial charge in [-0.2, -0.15) is 0 Å². The number of thiazole rings is 1. The fourth-order valence-electron chi connectivity index (χ4n) is 3.61. The smallest absolute Gasteiger partial charge is 0.407 e. The van der Waals surface area contributed by atoms with Crippen LogP contribution in [0.1, 0.15) is 22.9 Å². The van der Waals surface area contributed by atoms with Crippen LogP contribution in [0.5, 0.6) is 0 Å². The molecule has 0 radical (unpaired) electrons. The van der Waals surface area contributed by atoms with E-state index in [4.69, 9.17) is 15.5 Å². The van der Waals surface area contributed by atoms with Gasteiger partial charge in [-0.15, -0.1) is 22.7 Å². The van der Waals surface area contributed by atoms with Crippen molar-refractivity contribution in [3.8, 4) is 9.88 Å². The molecule has 2 aromatic heterocycles. The van der Waals surface area contributed by atoms with E-state index in [0.29, 0.717) is 18.5 Å². The van der Waals surface area contributed by atoms with Gasteiger partial charge in [0, 0.05) is 17.5 Å². The Bertz CT molecular complexity index is 1240. The zero-order valence-corrected chi connectivity index (χ0v) is 20.8. The van der Waals surface area contributed by atoms with Crippen LogP contribution in [0.25, 0.3) is 9.88 Å². The molecule has 4 N–H and O–H groups in total. The largest absolute Gasteiger partial charge is 0.453 e. The minimum atomic E-state index is -0.811. The number of alkyl carbamates (subject to hydrolysis) is 1. The number of thiophene rings is 1. The van der Waals surface area contributed by atoms with Gasteiger partial charge in [0.1, 0.15) is 11.0 Å². The van der Waals surface area contributed by atoms with Crippen molar-refractivity contribution in [1.82, 2.24) is 15.6 Å². The lowest BCUT2D eigenvalue weighted by molar-refractivity contribution is -0.123. The molecule has 0 spiro atoms. The van der Waals surface area contributed by atoms with Crippen molar-refractivity contribution in [2.45, 2.75) is 24.9 Å². The first-order valence-corrected chi connectivity index (χ1v) is 12.8. The van der Waals surface area contributed by atoms with Gasteiger partial charge in [-0.3, -0.25) is 4.79 Å². The molecule has 2 amide bonds. The zero-order chi connectivity index (χ0) is 24.6. The molecule has 7 nitrogen and oxygen atoms in total. The maximum Gasteiger partial charge on any atom is 0.407 e. The average Bonchev–Trinajstić information content (AvgIpc) is 3.57. The van der Waals surface area contributed by atoms with Crippen LogP contribution in [-0.2, 0) is 22.4 Å². The first-order chi connectivity index (χ1) is 17.0. The lowest BCUT2D eigenvalue weighted by Gasteiger charge is -2.23. The van der Waals surface area contributed by atoms with Crippen LogP contribution in [0.2, 0.25) is 0 Å². The summed E-state index contributed by atoms with van der Waals surface area (Å²) in [4.78, 5) is 31.3. The van der Waals surface area contributed by atoms with E-state index in [1.165, 1.54) is 18.4 Å². The number of carbonyl (C=O) groups excluding carboxylic acids is 2. The third-order valence-corrected chi connectivity index (χ3v) is 7.32. The van der Waals surface area contributed by atoms with Crippen LogP contribution in [0, 0.1) is 0 Å². The molecule has 4 rings (SSSR count). The Balaban J connectivity index is 1.59. The highest BCUT2D eigenvalue weighted by molar-refractivity contribution is 7.20. The minimum absolute atomic E-state index is 0.314. The third-order valence-electron chi connectivity index (χ3n) is 5.42. The molecule has 2 atom stereocenters. The third kappa shape index (κ3) is 6.68. The van der Waals surface area contributed by atoms with Crippen molar-refractivity contribution in [2.75, 3.05) is 12.8 Å². The van der Waals surface area contributed by atoms with Crippen LogP contribution < -0.4 is 16.4 Å². The number of carbonyl (C=O) groups is 2. The summed E-state index contributed by atoms with van der Waals surface area (Å²) >= 11 is 3.16. The van der Waals surface area contributed by atoms with Gasteiger partial charge in [-0.1, -0.05) is 48.5 Å². The lowest BCUT2D eigenvalue weighted by atomic mass is 10.0. The van der Waals surface area contributed by atoms with Gasteiger partial charge in [0.25, 0.3) is 0 Å². The Morgan fingerprint density at radius 2 is 1.69 bits per heavy atom. The number of aromatic nitrogens is 1. The maximum absolute atomic E-state index is 13.4. The number of nitrogens with two attached hydrogens (primary N) is 1. The number of nitrogens with one attached hydrogen (secondary N) is 2. The number of hydrogen-bond acceptors (Lipinski definition) is 7. The Kier molecular flexibility index (Phi) is 8.12. The molecule has 180 valence electrons. The second-order valence-corrected chi connectivity index (χ2v) is 9.75. The van der Waals surface area contributed by atoms with E-state index in [9.17, 15) is 9.59 Å². The predicted molar refractivity (Wildman–Crippen MR) is 140 cm³/mol. The molecule has 0 fully saturated rings. The summed E-state index contributed by atoms with van der Waals surface area (Å²) in [6.45, 7) is 0. The molecule has 4 aromatic rings. The lowest BCUT2D eigenvalue weighted by Crippen LogP contribution is -2.49. The van der Waals surface area contributed by atoms with Crippen molar-refractivity contribution < 1.29 is 14.3 Å². The highest BCUT2D eigenvalue weighted by Crippen LogP contribution is 2.30. The monoisotopic (exact) mass is 506 g/mol. The summed E-state index contributed by atoms with van der Waals surface area (Å²) < 4.78 is 4.76. The topological polar surface area (TPSA) is 106 Å². The average molecular weight is 507 g/mol. The second-order valence-electron chi connectivity index (χ2n) is 7.94. The van der Waals surface area contributed by atoms with E-state index in [1.807, 2.05) is 77.5 Å². The van der Waals surface area contributed by atoms with Gasteiger partial charge in [0.05, 0.1) is 23.7 Å². The summed E-state index contributed by atoms with van der Waals surface area (Å²) in [5, 5.41) is 10.7. The van der Waals surface area contributed by atoms with Gasteiger partial charge in [-0.05, 0) is 41.1 Å². The Morgan fingerprint density at radius 1 is 0.943 bits per heavy atom. The van der Waals surface area contributed by atoms with E-state index >= 15 is 0 Å². The Morgan fingerprint density at radius 3 is 2.37 bits per heavy atom. The number of benzene rings is 2. The SMILES string of the molecule is COC(=O)NC(Cc1ccccc1)C(=O)NC(Cc1ccc(N)cc1)c1csc(-c2cccs2)n1. The van der Waals surface area contributed by atoms with E-state index < -0.39 is 18.2 Å². The van der Waals surface area contributed by atoms with Crippen molar-refractivity contribution in [2.24, 2.45) is 0 Å². The normalized spacial score (nSPS) is 12.5. The maximum atomic E-state index is 13.4. The fraction of sp³-hybridized carbons (Fsp3) is 0.192. The van der Waals surface area contributed by atoms with E-state index in [-0.39, 0.29) is 5.91 Å². The molecule has 2 aromatic carbocycles. The number of hydrogen-bond donors (Lipinski definition) is 3. The summed E-state index contributed by atoms with van der Waals surface area (Å²) in [6, 6.07) is 19.9. The zero-order valence-electron chi connectivity index (χ0n) is 19.1. The van der Waals surface area contributed by atoms with E-state index in [2.05, 4.69) is 10.6 Å². The summed E-state index contributed by atoms with van der Waals surface area (Å²) in [5.74, 6) is -0.314. The standard InChI is InChI=1S/C26H26N4O3S2/c1-33-26(32)30-21(15-17-6-3-2-4-7-17)24(31)28-20(14-18-9-11-19(27)12-10-18)22-16-35-25(29-22)23-8-5-13-34-23/h2-13,16,20-21H,14-15,27H2,1H3,(H,28,31)(H,30,32). The molecular formula is C26H26N4O3S2. The number of ether oxygens (including phenoxy) is 1. The summed E-state index contributed by atoms with van der Waals surface area (Å²) in [5.41, 5.74) is 9.22. The van der Waals surface area contributed by atoms with Crippen LogP contribution in [0.4, 0.5) is 10.5 Å². The molecule has 0 saturated carbocycles. The van der Waals surface area contributed by atoms with Crippen LogP contribution in [0.3, 0.4) is 0 Å². The van der Waals surface area contributed by atoms with Crippen molar-refractivity contribution in [3.05, 3.63) is 94.3 Å². The molecular weight excluding hydrogens is 480 g/mol. The molecule has 35 heavy (non-hydrogen) atoms. The Hall–Kier alpha value is -3.69. The summed E-state index contributed by atoms with van der Waals surface area (Å²) in [7, 11) is 1.28. The minimum Gasteiger partial charge on any atom is -0.453 e. The highest BCUT2D eigenvalue weighted by Gasteiger charge is 2.26. The molecule has 0 aliphatic rings. The Labute approximate surface area is 212 Å². The first kappa shape index (κ1) is 24.4. The van der Waals surface area contributed by atoms with E-state index in [0.717, 1.165) is 26.7 Å². The highest BCUT2D eigenvalue weighted by atomic mass is 32.1. The molecule has 2 heterocycles. The number of amides is 2. The molecule has 2 unspecified atom stereocenters. The molecule has 0 aliphatic carbocycles. The molecule has 0 bridgehead atoms. The van der Waals surface area contributed by atoms with Gasteiger partial charge in [-0.25, -0.2) is 9.78 Å². The number of methoxy groups -OCH3 is 1. The number of nitrogen functional groups attached to an aromatic ring is 1. The molecule has 0 saturated heterocycles.